The standard InChI is InChI=1S/C16H33N5/c1-7-11-17-15(16(5,6)20(9-3)10-4)14-13-18-19-21(14)12-8-2/h13,15,17H,7-12H2,1-6H3. The molecular weight excluding hydrogens is 262 g/mol. The van der Waals surface area contributed by atoms with Crippen molar-refractivity contribution in [3.63, 3.8) is 0 Å². The summed E-state index contributed by atoms with van der Waals surface area (Å²) in [5.74, 6) is 0. The molecule has 0 bridgehead atoms. The van der Waals surface area contributed by atoms with E-state index in [0.29, 0.717) is 0 Å². The quantitative estimate of drug-likeness (QED) is 0.721. The average Bonchev–Trinajstić information content (AvgIpc) is 2.88. The first-order chi connectivity index (χ1) is 10.0. The van der Waals surface area contributed by atoms with Crippen LogP contribution < -0.4 is 5.32 Å². The van der Waals surface area contributed by atoms with E-state index >= 15 is 0 Å². The van der Waals surface area contributed by atoms with E-state index < -0.39 is 0 Å². The highest BCUT2D eigenvalue weighted by molar-refractivity contribution is 5.11. The Balaban J connectivity index is 3.11. The number of nitrogens with one attached hydrogen (secondary N) is 1. The maximum Gasteiger partial charge on any atom is 0.0775 e. The van der Waals surface area contributed by atoms with Crippen molar-refractivity contribution in [3.05, 3.63) is 11.9 Å². The molecule has 0 saturated carbocycles. The van der Waals surface area contributed by atoms with Crippen molar-refractivity contribution in [2.24, 2.45) is 0 Å². The van der Waals surface area contributed by atoms with Crippen molar-refractivity contribution in [3.8, 4) is 0 Å². The van der Waals surface area contributed by atoms with Gasteiger partial charge in [0.15, 0.2) is 0 Å². The predicted octanol–water partition coefficient (Wildman–Crippen LogP) is 2.85. The van der Waals surface area contributed by atoms with Crippen LogP contribution >= 0.6 is 0 Å². The zero-order valence-electron chi connectivity index (χ0n) is 14.7. The highest BCUT2D eigenvalue weighted by Gasteiger charge is 2.36. The van der Waals surface area contributed by atoms with Gasteiger partial charge in [0.1, 0.15) is 0 Å². The summed E-state index contributed by atoms with van der Waals surface area (Å²) in [7, 11) is 0. The fourth-order valence-corrected chi connectivity index (χ4v) is 3.10. The Bertz CT molecular complexity index is 395. The van der Waals surface area contributed by atoms with Crippen molar-refractivity contribution >= 4 is 0 Å². The lowest BCUT2D eigenvalue weighted by atomic mass is 9.89. The number of nitrogens with zero attached hydrogens (tertiary/aromatic N) is 4. The molecule has 5 heteroatoms. The Morgan fingerprint density at radius 3 is 2.38 bits per heavy atom. The second kappa shape index (κ2) is 8.49. The molecule has 122 valence electrons. The molecule has 5 nitrogen and oxygen atoms in total. The summed E-state index contributed by atoms with van der Waals surface area (Å²) >= 11 is 0. The summed E-state index contributed by atoms with van der Waals surface area (Å²) in [4.78, 5) is 2.50. The number of hydrogen-bond acceptors (Lipinski definition) is 4. The Labute approximate surface area is 130 Å². The number of aryl methyl sites for hydroxylation is 1. The molecule has 1 heterocycles. The highest BCUT2D eigenvalue weighted by Crippen LogP contribution is 2.30. The second-order valence-electron chi connectivity index (χ2n) is 6.10. The monoisotopic (exact) mass is 295 g/mol. The van der Waals surface area contributed by atoms with Crippen molar-refractivity contribution in [2.45, 2.75) is 72.5 Å². The first kappa shape index (κ1) is 18.1. The Hall–Kier alpha value is -0.940. The van der Waals surface area contributed by atoms with Crippen molar-refractivity contribution in [1.29, 1.82) is 0 Å². The zero-order chi connectivity index (χ0) is 15.9. The highest BCUT2D eigenvalue weighted by atomic mass is 15.4. The van der Waals surface area contributed by atoms with E-state index in [1.807, 2.05) is 6.20 Å². The Kier molecular flexibility index (Phi) is 7.32. The van der Waals surface area contributed by atoms with Crippen LogP contribution in [0, 0.1) is 0 Å². The van der Waals surface area contributed by atoms with E-state index in [1.54, 1.807) is 0 Å². The zero-order valence-corrected chi connectivity index (χ0v) is 14.7. The SMILES string of the molecule is CCCNC(c1cnnn1CCC)C(C)(C)N(CC)CC. The van der Waals surface area contributed by atoms with Gasteiger partial charge in [-0.3, -0.25) is 4.90 Å². The molecule has 0 aromatic carbocycles. The van der Waals surface area contributed by atoms with Gasteiger partial charge in [0, 0.05) is 12.1 Å². The molecule has 0 radical (unpaired) electrons. The van der Waals surface area contributed by atoms with Crippen LogP contribution in [-0.4, -0.2) is 45.1 Å². The van der Waals surface area contributed by atoms with E-state index in [0.717, 1.165) is 39.0 Å². The van der Waals surface area contributed by atoms with Gasteiger partial charge in [-0.15, -0.1) is 5.10 Å². The minimum Gasteiger partial charge on any atom is -0.307 e. The second-order valence-corrected chi connectivity index (χ2v) is 6.10. The van der Waals surface area contributed by atoms with Crippen molar-refractivity contribution < 1.29 is 0 Å². The predicted molar refractivity (Wildman–Crippen MR) is 88.3 cm³/mol. The summed E-state index contributed by atoms with van der Waals surface area (Å²) in [6, 6.07) is 0.235. The number of hydrogen-bond donors (Lipinski definition) is 1. The molecule has 1 aromatic heterocycles. The summed E-state index contributed by atoms with van der Waals surface area (Å²) in [5, 5.41) is 12.1. The molecule has 0 amide bonds. The fraction of sp³-hybridized carbons (Fsp3) is 0.875. The van der Waals surface area contributed by atoms with Gasteiger partial charge in [-0.05, 0) is 46.3 Å². The van der Waals surface area contributed by atoms with E-state index in [9.17, 15) is 0 Å². The molecule has 1 unspecified atom stereocenters. The van der Waals surface area contributed by atoms with Crippen LogP contribution in [0.1, 0.15) is 66.1 Å². The van der Waals surface area contributed by atoms with E-state index in [-0.39, 0.29) is 11.6 Å². The number of aromatic nitrogens is 3. The molecule has 0 aliphatic heterocycles. The minimum atomic E-state index is 0.0197. The molecule has 1 atom stereocenters. The first-order valence-corrected chi connectivity index (χ1v) is 8.39. The molecule has 0 aliphatic carbocycles. The van der Waals surface area contributed by atoms with Gasteiger partial charge in [0.05, 0.1) is 17.9 Å². The molecule has 1 rings (SSSR count). The van der Waals surface area contributed by atoms with Crippen LogP contribution in [0.15, 0.2) is 6.20 Å². The molecule has 0 aliphatic rings. The van der Waals surface area contributed by atoms with Gasteiger partial charge in [0.2, 0.25) is 0 Å². The third-order valence-corrected chi connectivity index (χ3v) is 4.26. The first-order valence-electron chi connectivity index (χ1n) is 8.39. The smallest absolute Gasteiger partial charge is 0.0775 e. The minimum absolute atomic E-state index is 0.0197. The molecule has 0 saturated heterocycles. The number of rotatable bonds is 10. The third kappa shape index (κ3) is 4.27. The molecular formula is C16H33N5. The van der Waals surface area contributed by atoms with Crippen LogP contribution in [0.25, 0.3) is 0 Å². The molecule has 1 N–H and O–H groups in total. The normalized spacial score (nSPS) is 13.9. The molecule has 0 fully saturated rings. The van der Waals surface area contributed by atoms with E-state index in [2.05, 4.69) is 66.8 Å². The lowest BCUT2D eigenvalue weighted by Crippen LogP contribution is -2.53. The van der Waals surface area contributed by atoms with Gasteiger partial charge < -0.3 is 5.32 Å². The summed E-state index contributed by atoms with van der Waals surface area (Å²) in [6.45, 7) is 17.5. The Morgan fingerprint density at radius 1 is 1.19 bits per heavy atom. The van der Waals surface area contributed by atoms with Crippen LogP contribution in [-0.2, 0) is 6.54 Å². The van der Waals surface area contributed by atoms with Crippen LogP contribution in [0.5, 0.6) is 0 Å². The van der Waals surface area contributed by atoms with Crippen molar-refractivity contribution in [1.82, 2.24) is 25.2 Å². The van der Waals surface area contributed by atoms with Gasteiger partial charge in [-0.1, -0.05) is 32.9 Å². The molecule has 0 spiro atoms. The fourth-order valence-electron chi connectivity index (χ4n) is 3.10. The van der Waals surface area contributed by atoms with Gasteiger partial charge >= 0.3 is 0 Å². The molecule has 1 aromatic rings. The van der Waals surface area contributed by atoms with E-state index in [4.69, 9.17) is 0 Å². The summed E-state index contributed by atoms with van der Waals surface area (Å²) < 4.78 is 2.05. The number of likely N-dealkylation sites (N-methyl/N-ethyl adjacent to an activating group) is 1. The van der Waals surface area contributed by atoms with Crippen LogP contribution in [0.4, 0.5) is 0 Å². The van der Waals surface area contributed by atoms with Gasteiger partial charge in [0.25, 0.3) is 0 Å². The Morgan fingerprint density at radius 2 is 1.86 bits per heavy atom. The lowest BCUT2D eigenvalue weighted by Gasteiger charge is -2.43. The van der Waals surface area contributed by atoms with Crippen LogP contribution in [0.3, 0.4) is 0 Å². The summed E-state index contributed by atoms with van der Waals surface area (Å²) in [5.41, 5.74) is 1.22. The third-order valence-electron chi connectivity index (χ3n) is 4.26. The van der Waals surface area contributed by atoms with E-state index in [1.165, 1.54) is 5.69 Å². The summed E-state index contributed by atoms with van der Waals surface area (Å²) in [6.07, 6.45) is 4.12. The largest absolute Gasteiger partial charge is 0.307 e. The average molecular weight is 295 g/mol. The maximum atomic E-state index is 4.27. The van der Waals surface area contributed by atoms with Crippen LogP contribution in [0.2, 0.25) is 0 Å². The lowest BCUT2D eigenvalue weighted by molar-refractivity contribution is 0.0873. The maximum absolute atomic E-state index is 4.27. The topological polar surface area (TPSA) is 46.0 Å². The van der Waals surface area contributed by atoms with Crippen molar-refractivity contribution in [2.75, 3.05) is 19.6 Å². The molecule has 21 heavy (non-hydrogen) atoms. The van der Waals surface area contributed by atoms with Gasteiger partial charge in [-0.2, -0.15) is 0 Å². The van der Waals surface area contributed by atoms with Gasteiger partial charge in [-0.25, -0.2) is 4.68 Å².